The van der Waals surface area contributed by atoms with Crippen molar-refractivity contribution in [3.8, 4) is 22.3 Å². The molecule has 16 rings (SSSR count). The average Bonchev–Trinajstić information content (AvgIpc) is 0.734. The van der Waals surface area contributed by atoms with Gasteiger partial charge in [-0.05, 0) is 162 Å². The van der Waals surface area contributed by atoms with Crippen LogP contribution in [-0.4, -0.2) is 0 Å². The third-order valence-corrected chi connectivity index (χ3v) is 21.4. The quantitative estimate of drug-likeness (QED) is 0.150. The molecule has 0 unspecified atom stereocenters. The van der Waals surface area contributed by atoms with Crippen LogP contribution in [-0.2, 0) is 35.8 Å². The molecule has 0 atom stereocenters. The van der Waals surface area contributed by atoms with E-state index in [0.29, 0.717) is 13.1 Å². The predicted octanol–water partition coefficient (Wildman–Crippen LogP) is 20.9. The Labute approximate surface area is 513 Å². The van der Waals surface area contributed by atoms with Gasteiger partial charge in [-0.3, -0.25) is 0 Å². The molecule has 0 saturated heterocycles. The van der Waals surface area contributed by atoms with E-state index >= 15 is 0 Å². The van der Waals surface area contributed by atoms with Gasteiger partial charge >= 0.3 is 0 Å². The maximum absolute atomic E-state index is 4.17. The van der Waals surface area contributed by atoms with Crippen molar-refractivity contribution in [3.63, 3.8) is 0 Å². The Kier molecular flexibility index (Phi) is 12.3. The normalized spacial score (nSPS) is 14.9. The lowest BCUT2D eigenvalue weighted by atomic mass is 9.51. The molecule has 12 aromatic carbocycles. The van der Waals surface area contributed by atoms with Crippen LogP contribution in [0.1, 0.15) is 79.2 Å². The Morgan fingerprint density at radius 3 is 1.17 bits per heavy atom. The lowest BCUT2D eigenvalue weighted by Gasteiger charge is -2.53. The molecule has 2 spiro atoms. The van der Waals surface area contributed by atoms with Gasteiger partial charge in [0.2, 0.25) is 0 Å². The molecule has 12 aromatic rings. The average molecular weight is 1230 g/mol. The molecule has 5 heteroatoms. The van der Waals surface area contributed by atoms with Crippen molar-refractivity contribution < 1.29 is 0 Å². The topological polar surface area (TPSA) is 6.48 Å². The van der Waals surface area contributed by atoms with Crippen molar-refractivity contribution >= 4 is 66.4 Å². The summed E-state index contributed by atoms with van der Waals surface area (Å²) >= 11 is 10.0. The van der Waals surface area contributed by atoms with E-state index in [1.807, 2.05) is 11.8 Å². The first-order valence-electron chi connectivity index (χ1n) is 29.1. The van der Waals surface area contributed by atoms with Crippen LogP contribution in [0.5, 0.6) is 0 Å². The molecule has 2 nitrogen and oxygen atoms in total. The molecule has 4 aliphatic rings. The first kappa shape index (κ1) is 51.2. The van der Waals surface area contributed by atoms with Crippen molar-refractivity contribution in [2.24, 2.45) is 0 Å². The lowest BCUT2D eigenvalue weighted by Crippen LogP contribution is -2.47. The van der Waals surface area contributed by atoms with Crippen LogP contribution in [0.2, 0.25) is 0 Å². The minimum Gasteiger partial charge on any atom is -0.336 e. The number of fused-ring (bicyclic) bond motifs is 16. The molecule has 0 N–H and O–H groups in total. The molecule has 0 fully saturated rings. The van der Waals surface area contributed by atoms with E-state index in [2.05, 4.69) is 334 Å². The third kappa shape index (κ3) is 7.68. The van der Waals surface area contributed by atoms with Gasteiger partial charge in [-0.2, -0.15) is 0 Å². The summed E-state index contributed by atoms with van der Waals surface area (Å²) in [5.41, 5.74) is 25.0. The van der Waals surface area contributed by atoms with Gasteiger partial charge in [-0.25, -0.2) is 0 Å². The fourth-order valence-electron chi connectivity index (χ4n) is 15.2. The van der Waals surface area contributed by atoms with Crippen molar-refractivity contribution in [1.82, 2.24) is 0 Å². The van der Waals surface area contributed by atoms with E-state index < -0.39 is 16.2 Å². The Morgan fingerprint density at radius 1 is 0.310 bits per heavy atom. The van der Waals surface area contributed by atoms with Crippen LogP contribution < -0.4 is 9.80 Å². The second-order valence-corrected chi connectivity index (χ2v) is 25.9. The van der Waals surface area contributed by atoms with Gasteiger partial charge < -0.3 is 9.80 Å². The fraction of sp³-hybridized carbons (Fsp3) is 0.0886. The largest absolute Gasteiger partial charge is 0.336 e. The van der Waals surface area contributed by atoms with Crippen LogP contribution >= 0.6 is 43.6 Å². The summed E-state index contributed by atoms with van der Waals surface area (Å²) in [5, 5.41) is 0. The number of para-hydroxylation sites is 4. The van der Waals surface area contributed by atoms with Gasteiger partial charge in [0.15, 0.2) is 0 Å². The summed E-state index contributed by atoms with van der Waals surface area (Å²) in [5.74, 6) is 0. The minimum atomic E-state index is -0.702. The first-order chi connectivity index (χ1) is 41.3. The third-order valence-electron chi connectivity index (χ3n) is 18.7. The van der Waals surface area contributed by atoms with Crippen LogP contribution in [0.25, 0.3) is 22.3 Å². The number of hydrogen-bond donors (Lipinski definition) is 0. The van der Waals surface area contributed by atoms with Gasteiger partial charge in [-0.15, -0.1) is 0 Å². The zero-order chi connectivity index (χ0) is 56.2. The maximum Gasteiger partial charge on any atom is 0.0763 e. The summed E-state index contributed by atoms with van der Waals surface area (Å²) in [7, 11) is 0. The lowest BCUT2D eigenvalue weighted by molar-refractivity contribution is 0.509. The number of rotatable bonds is 8. The van der Waals surface area contributed by atoms with Gasteiger partial charge in [0.05, 0.1) is 10.8 Å². The Balaban J connectivity index is 0.887. The summed E-state index contributed by atoms with van der Waals surface area (Å²) in [6, 6.07) is 108. The highest BCUT2D eigenvalue weighted by Gasteiger charge is 2.55. The number of nitrogens with zero attached hydrogens (tertiary/aromatic N) is 2. The summed E-state index contributed by atoms with van der Waals surface area (Å²) in [6.45, 7) is 3.91. The first-order valence-corrected chi connectivity index (χ1v) is 31.5. The molecular weight excluding hydrogens is 1170 g/mol. The summed E-state index contributed by atoms with van der Waals surface area (Å²) in [6.07, 6.45) is 0.775. The van der Waals surface area contributed by atoms with E-state index in [4.69, 9.17) is 0 Å². The smallest absolute Gasteiger partial charge is 0.0763 e. The van der Waals surface area contributed by atoms with Crippen molar-refractivity contribution in [3.05, 3.63) is 366 Å². The molecule has 0 amide bonds. The minimum absolute atomic E-state index is 0.474. The Morgan fingerprint density at radius 2 is 0.690 bits per heavy atom. The SMILES string of the molecule is CC1(Cc2ccc(Br)c(CN3c4ccccc4C4(c5ccccc5Sc5ccccc54)c4ccccc43)c2)c2ccc(-c3ccccc3)cc2C2(c3ccccc3N(Cc3ccccc3Br)c3ccccc32)c2cc(-c3ccccc3)ccc21. The number of hydrogen-bond acceptors (Lipinski definition) is 3. The second kappa shape index (κ2) is 20.1. The van der Waals surface area contributed by atoms with Crippen molar-refractivity contribution in [1.29, 1.82) is 0 Å². The zero-order valence-electron chi connectivity index (χ0n) is 46.3. The Bertz CT molecular complexity index is 4350. The van der Waals surface area contributed by atoms with Gasteiger partial charge in [0.1, 0.15) is 0 Å². The van der Waals surface area contributed by atoms with Crippen molar-refractivity contribution in [2.45, 2.75) is 52.5 Å². The van der Waals surface area contributed by atoms with Crippen LogP contribution in [0.3, 0.4) is 0 Å². The van der Waals surface area contributed by atoms with Gasteiger partial charge in [0.25, 0.3) is 0 Å². The summed E-state index contributed by atoms with van der Waals surface area (Å²) < 4.78 is 2.21. The van der Waals surface area contributed by atoms with E-state index in [-0.39, 0.29) is 0 Å². The molecule has 402 valence electrons. The van der Waals surface area contributed by atoms with Gasteiger partial charge in [0, 0.05) is 60.0 Å². The van der Waals surface area contributed by atoms with Crippen molar-refractivity contribution in [2.75, 3.05) is 9.80 Å². The molecular formula is C79H56Br2N2S. The molecule has 0 aromatic heterocycles. The molecule has 1 aliphatic carbocycles. The monoisotopic (exact) mass is 1220 g/mol. The molecule has 0 radical (unpaired) electrons. The van der Waals surface area contributed by atoms with Crippen LogP contribution in [0.4, 0.5) is 22.7 Å². The molecule has 0 bridgehead atoms. The van der Waals surface area contributed by atoms with E-state index in [1.54, 1.807) is 0 Å². The highest BCUT2D eigenvalue weighted by molar-refractivity contribution is 9.10. The maximum atomic E-state index is 4.17. The molecule has 84 heavy (non-hydrogen) atoms. The number of benzene rings is 12. The number of halogens is 2. The van der Waals surface area contributed by atoms with E-state index in [0.717, 1.165) is 15.4 Å². The second-order valence-electron chi connectivity index (χ2n) is 23.1. The van der Waals surface area contributed by atoms with Gasteiger partial charge in [-0.1, -0.05) is 275 Å². The number of anilines is 4. The molecule has 3 aliphatic heterocycles. The molecule has 0 saturated carbocycles. The fourth-order valence-corrected chi connectivity index (χ4v) is 17.1. The summed E-state index contributed by atoms with van der Waals surface area (Å²) in [4.78, 5) is 7.74. The van der Waals surface area contributed by atoms with Crippen LogP contribution in [0, 0.1) is 0 Å². The highest BCUT2D eigenvalue weighted by atomic mass is 79.9. The van der Waals surface area contributed by atoms with E-state index in [9.17, 15) is 0 Å². The standard InChI is InChI=1S/C79H56Br2N2S/c1-77(49-52-40-45-70(81)58(46-52)51-83-71-34-16-9-27-61(71)78(62-28-10-17-35-72(62)83)65-31-13-20-38-75(65)84-76-39-21-14-32-66(76)78)59-43-41-55(53-22-4-2-5-23-53)47-67(59)79(68-48-56(42-44-60(68)77)54-24-6-3-7-25-54)63-29-11-18-36-73(63)82(74-37-19-12-30-64(74)79)50-57-26-8-15-33-69(57)80/h2-48H,49-51H2,1H3. The Hall–Kier alpha value is -8.45. The predicted molar refractivity (Wildman–Crippen MR) is 355 cm³/mol. The highest BCUT2D eigenvalue weighted by Crippen LogP contribution is 2.65. The zero-order valence-corrected chi connectivity index (χ0v) is 50.3. The molecule has 3 heterocycles. The van der Waals surface area contributed by atoms with Crippen LogP contribution in [0.15, 0.2) is 304 Å². The van der Waals surface area contributed by atoms with E-state index in [1.165, 1.54) is 127 Å².